The first-order valence-corrected chi connectivity index (χ1v) is 14.0. The molecule has 1 aliphatic rings. The van der Waals surface area contributed by atoms with Gasteiger partial charge < -0.3 is 9.47 Å². The first-order valence-electron chi connectivity index (χ1n) is 14.0. The number of hydrogen-bond donors (Lipinski definition) is 0. The van der Waals surface area contributed by atoms with Crippen LogP contribution in [0, 0.1) is 11.3 Å². The van der Waals surface area contributed by atoms with E-state index >= 15 is 0 Å². The van der Waals surface area contributed by atoms with Crippen molar-refractivity contribution in [3.63, 3.8) is 0 Å². The van der Waals surface area contributed by atoms with Crippen molar-refractivity contribution in [3.8, 4) is 28.8 Å². The summed E-state index contributed by atoms with van der Waals surface area (Å²) in [6, 6.07) is 21.8. The van der Waals surface area contributed by atoms with Gasteiger partial charge in [0.1, 0.15) is 18.0 Å². The van der Waals surface area contributed by atoms with Crippen molar-refractivity contribution in [1.29, 1.82) is 5.26 Å². The summed E-state index contributed by atoms with van der Waals surface area (Å²) in [6.45, 7) is 5.47. The predicted molar refractivity (Wildman–Crippen MR) is 155 cm³/mol. The van der Waals surface area contributed by atoms with Gasteiger partial charge in [-0.2, -0.15) is 5.26 Å². The number of aromatic nitrogens is 3. The number of nitriles is 1. The monoisotopic (exact) mass is 534 g/mol. The zero-order valence-corrected chi connectivity index (χ0v) is 23.1. The lowest BCUT2D eigenvalue weighted by atomic mass is 9.92. The highest BCUT2D eigenvalue weighted by Gasteiger charge is 2.20. The lowest BCUT2D eigenvalue weighted by molar-refractivity contribution is 0.0237. The molecule has 2 aromatic heterocycles. The molecule has 1 saturated heterocycles. The third-order valence-corrected chi connectivity index (χ3v) is 7.28. The molecule has 1 aliphatic heterocycles. The number of benzene rings is 2. The summed E-state index contributed by atoms with van der Waals surface area (Å²) in [4.78, 5) is 23.7. The molecule has 0 radical (unpaired) electrons. The molecule has 5 rings (SSSR count). The van der Waals surface area contributed by atoms with Crippen LogP contribution in [-0.4, -0.2) is 33.9 Å². The van der Waals surface area contributed by atoms with Crippen molar-refractivity contribution < 1.29 is 9.47 Å². The smallest absolute Gasteiger partial charge is 0.261 e. The summed E-state index contributed by atoms with van der Waals surface area (Å²) in [7, 11) is 0. The lowest BCUT2D eigenvalue weighted by Crippen LogP contribution is -2.29. The van der Waals surface area contributed by atoms with Crippen LogP contribution in [0.4, 0.5) is 0 Å². The van der Waals surface area contributed by atoms with Crippen LogP contribution >= 0.6 is 0 Å². The van der Waals surface area contributed by atoms with Crippen molar-refractivity contribution in [3.05, 3.63) is 105 Å². The van der Waals surface area contributed by atoms with Gasteiger partial charge in [0.25, 0.3) is 5.56 Å². The average molecular weight is 535 g/mol. The molecule has 1 fully saturated rings. The van der Waals surface area contributed by atoms with Crippen LogP contribution in [0.3, 0.4) is 0 Å². The van der Waals surface area contributed by atoms with E-state index in [9.17, 15) is 10.1 Å². The Balaban J connectivity index is 1.55. The van der Waals surface area contributed by atoms with Gasteiger partial charge >= 0.3 is 0 Å². The second-order valence-electron chi connectivity index (χ2n) is 9.98. The van der Waals surface area contributed by atoms with Crippen molar-refractivity contribution in [2.24, 2.45) is 0 Å². The third kappa shape index (κ3) is 5.83. The van der Waals surface area contributed by atoms with Crippen molar-refractivity contribution in [2.75, 3.05) is 13.2 Å². The predicted octanol–water partition coefficient (Wildman–Crippen LogP) is 5.83. The molecule has 7 heteroatoms. The maximum atomic E-state index is 14.2. The highest BCUT2D eigenvalue weighted by atomic mass is 16.5. The van der Waals surface area contributed by atoms with Gasteiger partial charge in [-0.1, -0.05) is 68.8 Å². The molecule has 0 bridgehead atoms. The molecule has 4 aromatic rings. The Kier molecular flexibility index (Phi) is 8.68. The minimum atomic E-state index is -0.121. The zero-order chi connectivity index (χ0) is 27.9. The summed E-state index contributed by atoms with van der Waals surface area (Å²) in [6.07, 6.45) is 5.92. The molecule has 3 heterocycles. The van der Waals surface area contributed by atoms with Gasteiger partial charge in [0.2, 0.25) is 5.88 Å². The van der Waals surface area contributed by atoms with Gasteiger partial charge in [0.05, 0.1) is 36.4 Å². The first kappa shape index (κ1) is 27.3. The standard InChI is InChI=1S/C33H34N4O3/c1-3-9-30-28(20-24-12-8-13-27(29(24)21-34)23-10-6-5-7-11-23)33(38)37(31(4-2)36-30)25-14-15-32(35-22-25)40-26-16-18-39-19-17-26/h5-8,10-15,22,26H,3-4,9,16-20H2,1-2H3. The largest absolute Gasteiger partial charge is 0.474 e. The molecule has 0 aliphatic carbocycles. The average Bonchev–Trinajstić information content (AvgIpc) is 3.00. The van der Waals surface area contributed by atoms with Crippen molar-refractivity contribution in [1.82, 2.24) is 14.5 Å². The normalized spacial score (nSPS) is 13.6. The summed E-state index contributed by atoms with van der Waals surface area (Å²) in [5.74, 6) is 1.23. The minimum absolute atomic E-state index is 0.0867. The van der Waals surface area contributed by atoms with Gasteiger partial charge in [0.15, 0.2) is 0 Å². The summed E-state index contributed by atoms with van der Waals surface area (Å²) >= 11 is 0. The van der Waals surface area contributed by atoms with E-state index in [4.69, 9.17) is 14.5 Å². The van der Waals surface area contributed by atoms with Crippen LogP contribution in [0.2, 0.25) is 0 Å². The van der Waals surface area contributed by atoms with E-state index < -0.39 is 0 Å². The molecular formula is C33H34N4O3. The zero-order valence-electron chi connectivity index (χ0n) is 23.1. The fourth-order valence-corrected chi connectivity index (χ4v) is 5.24. The molecule has 7 nitrogen and oxygen atoms in total. The van der Waals surface area contributed by atoms with Crippen molar-refractivity contribution in [2.45, 2.75) is 58.5 Å². The Morgan fingerprint density at radius 2 is 1.85 bits per heavy atom. The van der Waals surface area contributed by atoms with E-state index in [-0.39, 0.29) is 11.7 Å². The molecule has 0 amide bonds. The van der Waals surface area contributed by atoms with E-state index in [1.54, 1.807) is 10.8 Å². The van der Waals surface area contributed by atoms with Crippen LogP contribution in [0.15, 0.2) is 71.7 Å². The number of nitrogens with zero attached hydrogens (tertiary/aromatic N) is 4. The fourth-order valence-electron chi connectivity index (χ4n) is 5.24. The topological polar surface area (TPSA) is 90.0 Å². The molecule has 0 N–H and O–H groups in total. The molecule has 0 saturated carbocycles. The lowest BCUT2D eigenvalue weighted by Gasteiger charge is -2.22. The number of aryl methyl sites for hydroxylation is 2. The van der Waals surface area contributed by atoms with Gasteiger partial charge in [-0.25, -0.2) is 9.97 Å². The van der Waals surface area contributed by atoms with E-state index in [2.05, 4.69) is 18.0 Å². The fraction of sp³-hybridized carbons (Fsp3) is 0.333. The number of pyridine rings is 1. The Bertz CT molecular complexity index is 1550. The first-order chi connectivity index (χ1) is 19.6. The second-order valence-corrected chi connectivity index (χ2v) is 9.98. The minimum Gasteiger partial charge on any atom is -0.474 e. The molecule has 40 heavy (non-hydrogen) atoms. The van der Waals surface area contributed by atoms with Crippen LogP contribution < -0.4 is 10.3 Å². The van der Waals surface area contributed by atoms with Gasteiger partial charge in [-0.3, -0.25) is 9.36 Å². The summed E-state index contributed by atoms with van der Waals surface area (Å²) < 4.78 is 13.1. The van der Waals surface area contributed by atoms with Gasteiger partial charge in [-0.15, -0.1) is 0 Å². The van der Waals surface area contributed by atoms with Gasteiger partial charge in [0, 0.05) is 37.3 Å². The Labute approximate surface area is 235 Å². The molecule has 2 aromatic carbocycles. The third-order valence-electron chi connectivity index (χ3n) is 7.28. The summed E-state index contributed by atoms with van der Waals surface area (Å²) in [5, 5.41) is 10.2. The maximum absolute atomic E-state index is 14.2. The molecule has 204 valence electrons. The second kappa shape index (κ2) is 12.7. The van der Waals surface area contributed by atoms with Gasteiger partial charge in [-0.05, 0) is 29.2 Å². The number of hydrogen-bond acceptors (Lipinski definition) is 6. The molecule has 0 spiro atoms. The SMILES string of the molecule is CCCc1nc(CC)n(-c2ccc(OC3CCOCC3)nc2)c(=O)c1Cc1cccc(-c2ccccc2)c1C#N. The Morgan fingerprint density at radius 3 is 2.52 bits per heavy atom. The molecular weight excluding hydrogens is 500 g/mol. The maximum Gasteiger partial charge on any atom is 0.261 e. The van der Waals surface area contributed by atoms with E-state index in [0.717, 1.165) is 41.6 Å². The summed E-state index contributed by atoms with van der Waals surface area (Å²) in [5.41, 5.74) is 5.17. The molecule has 0 atom stereocenters. The van der Waals surface area contributed by atoms with E-state index in [0.29, 0.717) is 61.0 Å². The molecule has 0 unspecified atom stereocenters. The van der Waals surface area contributed by atoms with Crippen LogP contribution in [0.1, 0.15) is 61.3 Å². The number of rotatable bonds is 9. The highest BCUT2D eigenvalue weighted by Crippen LogP contribution is 2.28. The van der Waals surface area contributed by atoms with Crippen LogP contribution in [0.5, 0.6) is 5.88 Å². The quantitative estimate of drug-likeness (QED) is 0.268. The Hall–Kier alpha value is -4.28. The van der Waals surface area contributed by atoms with E-state index in [1.165, 1.54) is 0 Å². The highest BCUT2D eigenvalue weighted by molar-refractivity contribution is 5.72. The number of ether oxygens (including phenoxy) is 2. The Morgan fingerprint density at radius 1 is 1.05 bits per heavy atom. The van der Waals surface area contributed by atoms with Crippen LogP contribution in [0.25, 0.3) is 16.8 Å². The van der Waals surface area contributed by atoms with Crippen LogP contribution in [-0.2, 0) is 24.0 Å². The van der Waals surface area contributed by atoms with E-state index in [1.807, 2.05) is 67.6 Å². The van der Waals surface area contributed by atoms with Crippen molar-refractivity contribution >= 4 is 0 Å².